The van der Waals surface area contributed by atoms with Gasteiger partial charge in [0.05, 0.1) is 6.10 Å². The fraction of sp³-hybridized carbons (Fsp3) is 1.00. The van der Waals surface area contributed by atoms with Crippen LogP contribution in [-0.4, -0.2) is 24.3 Å². The van der Waals surface area contributed by atoms with E-state index in [1.54, 1.807) is 0 Å². The van der Waals surface area contributed by atoms with Gasteiger partial charge >= 0.3 is 0 Å². The second kappa shape index (κ2) is 5.86. The molecule has 1 saturated carbocycles. The first-order valence-corrected chi connectivity index (χ1v) is 6.75. The third-order valence-corrected chi connectivity index (χ3v) is 4.18. The van der Waals surface area contributed by atoms with Crippen molar-refractivity contribution >= 4 is 0 Å². The van der Waals surface area contributed by atoms with Crippen molar-refractivity contribution in [2.75, 3.05) is 13.1 Å². The summed E-state index contributed by atoms with van der Waals surface area (Å²) in [5.41, 5.74) is 0. The van der Waals surface area contributed by atoms with Crippen molar-refractivity contribution in [2.45, 2.75) is 57.5 Å². The van der Waals surface area contributed by atoms with Crippen molar-refractivity contribution in [3.05, 3.63) is 0 Å². The first kappa shape index (κ1) is 11.4. The third kappa shape index (κ3) is 3.46. The third-order valence-electron chi connectivity index (χ3n) is 4.18. The SMILES string of the molecule is OC(CC1CCNC1)C1CCCCCC1. The van der Waals surface area contributed by atoms with Gasteiger partial charge in [-0.15, -0.1) is 0 Å². The number of nitrogens with one attached hydrogen (secondary N) is 1. The van der Waals surface area contributed by atoms with E-state index in [-0.39, 0.29) is 6.10 Å². The van der Waals surface area contributed by atoms with Crippen molar-refractivity contribution in [2.24, 2.45) is 11.8 Å². The normalized spacial score (nSPS) is 31.4. The van der Waals surface area contributed by atoms with E-state index in [2.05, 4.69) is 5.32 Å². The lowest BCUT2D eigenvalue weighted by molar-refractivity contribution is 0.0761. The van der Waals surface area contributed by atoms with Gasteiger partial charge in [0.25, 0.3) is 0 Å². The van der Waals surface area contributed by atoms with E-state index in [0.29, 0.717) is 5.92 Å². The van der Waals surface area contributed by atoms with Gasteiger partial charge in [0.1, 0.15) is 0 Å². The summed E-state index contributed by atoms with van der Waals surface area (Å²) >= 11 is 0. The van der Waals surface area contributed by atoms with E-state index in [0.717, 1.165) is 25.4 Å². The first-order valence-electron chi connectivity index (χ1n) is 6.75. The van der Waals surface area contributed by atoms with Crippen molar-refractivity contribution in [3.8, 4) is 0 Å². The number of rotatable bonds is 3. The monoisotopic (exact) mass is 211 g/mol. The van der Waals surface area contributed by atoms with Gasteiger partial charge in [0.15, 0.2) is 0 Å². The highest BCUT2D eigenvalue weighted by Crippen LogP contribution is 2.29. The van der Waals surface area contributed by atoms with Crippen LogP contribution in [0.2, 0.25) is 0 Å². The highest BCUT2D eigenvalue weighted by molar-refractivity contribution is 4.79. The number of aliphatic hydroxyl groups excluding tert-OH is 1. The van der Waals surface area contributed by atoms with E-state index in [9.17, 15) is 5.11 Å². The summed E-state index contributed by atoms with van der Waals surface area (Å²) in [5.74, 6) is 1.34. The molecule has 2 aliphatic rings. The largest absolute Gasteiger partial charge is 0.393 e. The first-order chi connectivity index (χ1) is 7.36. The Bertz CT molecular complexity index is 169. The summed E-state index contributed by atoms with van der Waals surface area (Å²) in [6, 6.07) is 0. The zero-order valence-corrected chi connectivity index (χ0v) is 9.75. The zero-order valence-electron chi connectivity index (χ0n) is 9.75. The summed E-state index contributed by atoms with van der Waals surface area (Å²) in [6.07, 6.45) is 10.3. The molecule has 1 saturated heterocycles. The van der Waals surface area contributed by atoms with Crippen LogP contribution in [0.5, 0.6) is 0 Å². The van der Waals surface area contributed by atoms with Crippen molar-refractivity contribution in [3.63, 3.8) is 0 Å². The van der Waals surface area contributed by atoms with Gasteiger partial charge in [-0.25, -0.2) is 0 Å². The predicted octanol–water partition coefficient (Wildman–Crippen LogP) is 2.32. The maximum atomic E-state index is 10.2. The predicted molar refractivity (Wildman–Crippen MR) is 62.8 cm³/mol. The lowest BCUT2D eigenvalue weighted by Crippen LogP contribution is -2.24. The van der Waals surface area contributed by atoms with Crippen molar-refractivity contribution < 1.29 is 5.11 Å². The molecule has 0 bridgehead atoms. The lowest BCUT2D eigenvalue weighted by Gasteiger charge is -2.23. The van der Waals surface area contributed by atoms with E-state index in [1.165, 1.54) is 44.9 Å². The smallest absolute Gasteiger partial charge is 0.0571 e. The van der Waals surface area contributed by atoms with Gasteiger partial charge in [-0.3, -0.25) is 0 Å². The molecule has 2 atom stereocenters. The Morgan fingerprint density at radius 3 is 2.40 bits per heavy atom. The quantitative estimate of drug-likeness (QED) is 0.702. The highest BCUT2D eigenvalue weighted by atomic mass is 16.3. The second-order valence-corrected chi connectivity index (χ2v) is 5.41. The Hall–Kier alpha value is -0.0800. The Morgan fingerprint density at radius 2 is 1.80 bits per heavy atom. The van der Waals surface area contributed by atoms with Gasteiger partial charge in [-0.1, -0.05) is 25.7 Å². The fourth-order valence-electron chi connectivity index (χ4n) is 3.15. The summed E-state index contributed by atoms with van der Waals surface area (Å²) in [4.78, 5) is 0. The van der Waals surface area contributed by atoms with E-state index in [1.807, 2.05) is 0 Å². The van der Waals surface area contributed by atoms with Crippen molar-refractivity contribution in [1.82, 2.24) is 5.32 Å². The van der Waals surface area contributed by atoms with Gasteiger partial charge in [0.2, 0.25) is 0 Å². The summed E-state index contributed by atoms with van der Waals surface area (Å²) in [6.45, 7) is 2.28. The van der Waals surface area contributed by atoms with Gasteiger partial charge in [-0.05, 0) is 50.6 Å². The summed E-state index contributed by atoms with van der Waals surface area (Å²) in [5, 5.41) is 13.6. The Labute approximate surface area is 93.5 Å². The van der Waals surface area contributed by atoms with Gasteiger partial charge < -0.3 is 10.4 Å². The highest BCUT2D eigenvalue weighted by Gasteiger charge is 2.25. The molecule has 2 rings (SSSR count). The summed E-state index contributed by atoms with van der Waals surface area (Å²) < 4.78 is 0. The molecule has 2 nitrogen and oxygen atoms in total. The molecule has 1 heterocycles. The van der Waals surface area contributed by atoms with Crippen LogP contribution in [0.3, 0.4) is 0 Å². The van der Waals surface area contributed by atoms with E-state index >= 15 is 0 Å². The van der Waals surface area contributed by atoms with Crippen LogP contribution in [0.15, 0.2) is 0 Å². The molecule has 15 heavy (non-hydrogen) atoms. The Morgan fingerprint density at radius 1 is 1.07 bits per heavy atom. The molecule has 2 N–H and O–H groups in total. The van der Waals surface area contributed by atoms with Crippen LogP contribution in [-0.2, 0) is 0 Å². The fourth-order valence-corrected chi connectivity index (χ4v) is 3.15. The molecule has 2 heteroatoms. The van der Waals surface area contributed by atoms with E-state index in [4.69, 9.17) is 0 Å². The summed E-state index contributed by atoms with van der Waals surface area (Å²) in [7, 11) is 0. The molecule has 0 aromatic carbocycles. The van der Waals surface area contributed by atoms with Crippen LogP contribution in [0.25, 0.3) is 0 Å². The topological polar surface area (TPSA) is 32.3 Å². The van der Waals surface area contributed by atoms with Crippen LogP contribution in [0.1, 0.15) is 51.4 Å². The molecule has 0 aromatic rings. The number of hydrogen-bond donors (Lipinski definition) is 2. The maximum absolute atomic E-state index is 10.2. The number of hydrogen-bond acceptors (Lipinski definition) is 2. The molecule has 88 valence electrons. The maximum Gasteiger partial charge on any atom is 0.0571 e. The Balaban J connectivity index is 1.74. The van der Waals surface area contributed by atoms with Crippen LogP contribution in [0.4, 0.5) is 0 Å². The molecular weight excluding hydrogens is 186 g/mol. The molecule has 1 aliphatic heterocycles. The van der Waals surface area contributed by atoms with E-state index < -0.39 is 0 Å². The molecule has 0 radical (unpaired) electrons. The molecule has 0 amide bonds. The molecule has 0 aromatic heterocycles. The standard InChI is InChI=1S/C13H25NO/c15-13(9-11-7-8-14-10-11)12-5-3-1-2-4-6-12/h11-15H,1-10H2. The molecule has 1 aliphatic carbocycles. The lowest BCUT2D eigenvalue weighted by atomic mass is 9.87. The van der Waals surface area contributed by atoms with Crippen LogP contribution < -0.4 is 5.32 Å². The minimum atomic E-state index is -0.0204. The molecule has 2 unspecified atom stereocenters. The minimum absolute atomic E-state index is 0.0204. The van der Waals surface area contributed by atoms with Crippen LogP contribution >= 0.6 is 0 Å². The minimum Gasteiger partial charge on any atom is -0.393 e. The molecular formula is C13H25NO. The van der Waals surface area contributed by atoms with Crippen LogP contribution in [0, 0.1) is 11.8 Å². The van der Waals surface area contributed by atoms with Gasteiger partial charge in [-0.2, -0.15) is 0 Å². The Kier molecular flexibility index (Phi) is 4.45. The molecule has 2 fully saturated rings. The average molecular weight is 211 g/mol. The van der Waals surface area contributed by atoms with Crippen molar-refractivity contribution in [1.29, 1.82) is 0 Å². The average Bonchev–Trinajstić information content (AvgIpc) is 2.58. The zero-order chi connectivity index (χ0) is 10.5. The van der Waals surface area contributed by atoms with Gasteiger partial charge in [0, 0.05) is 0 Å². The molecule has 0 spiro atoms. The number of aliphatic hydroxyl groups is 1. The second-order valence-electron chi connectivity index (χ2n) is 5.41.